The third-order valence-electron chi connectivity index (χ3n) is 7.59. The van der Waals surface area contributed by atoms with E-state index in [0.717, 1.165) is 19.3 Å². The average molecular weight is 392 g/mol. The van der Waals surface area contributed by atoms with E-state index in [0.29, 0.717) is 30.0 Å². The van der Waals surface area contributed by atoms with Crippen molar-refractivity contribution in [3.8, 4) is 0 Å². The number of amides is 3. The van der Waals surface area contributed by atoms with Crippen molar-refractivity contribution in [2.45, 2.75) is 51.0 Å². The molecule has 5 nitrogen and oxygen atoms in total. The monoisotopic (exact) mass is 392 g/mol. The van der Waals surface area contributed by atoms with Gasteiger partial charge in [-0.15, -0.1) is 6.58 Å². The molecule has 5 heteroatoms. The van der Waals surface area contributed by atoms with Gasteiger partial charge < -0.3 is 4.90 Å². The van der Waals surface area contributed by atoms with Crippen LogP contribution in [0.15, 0.2) is 43.0 Å². The van der Waals surface area contributed by atoms with Crippen molar-refractivity contribution in [2.24, 2.45) is 23.2 Å². The number of hydrogen-bond acceptors (Lipinski definition) is 3. The summed E-state index contributed by atoms with van der Waals surface area (Å²) in [5, 5.41) is 0. The molecule has 3 amide bonds. The number of hydrogen-bond donors (Lipinski definition) is 0. The molecule has 29 heavy (non-hydrogen) atoms. The average Bonchev–Trinajstić information content (AvgIpc) is 2.99. The van der Waals surface area contributed by atoms with E-state index in [-0.39, 0.29) is 29.6 Å². The second kappa shape index (κ2) is 6.82. The number of carbonyl (C=O) groups excluding carboxylic acids is 3. The third kappa shape index (κ3) is 2.93. The molecule has 1 heterocycles. The molecular weight excluding hydrogens is 364 g/mol. The van der Waals surface area contributed by atoms with Crippen LogP contribution in [0.4, 0.5) is 5.69 Å². The van der Waals surface area contributed by atoms with Gasteiger partial charge in [0, 0.05) is 6.54 Å². The van der Waals surface area contributed by atoms with Gasteiger partial charge in [-0.3, -0.25) is 14.4 Å². The minimum atomic E-state index is -0.721. The Morgan fingerprint density at radius 1 is 1.07 bits per heavy atom. The van der Waals surface area contributed by atoms with E-state index in [9.17, 15) is 14.4 Å². The van der Waals surface area contributed by atoms with Crippen LogP contribution in [-0.2, 0) is 14.4 Å². The first kappa shape index (κ1) is 18.6. The van der Waals surface area contributed by atoms with Gasteiger partial charge >= 0.3 is 0 Å². The first-order chi connectivity index (χ1) is 14.0. The van der Waals surface area contributed by atoms with Crippen molar-refractivity contribution >= 4 is 23.4 Å². The van der Waals surface area contributed by atoms with Crippen LogP contribution in [0.25, 0.3) is 0 Å². The second-order valence-corrected chi connectivity index (χ2v) is 9.57. The summed E-state index contributed by atoms with van der Waals surface area (Å²) in [7, 11) is 0. The normalized spacial score (nSPS) is 35.2. The number of nitrogens with zero attached hydrogens (tertiary/aromatic N) is 2. The second-order valence-electron chi connectivity index (χ2n) is 9.57. The number of imide groups is 1. The Morgan fingerprint density at radius 2 is 1.66 bits per heavy atom. The molecule has 4 aliphatic carbocycles. The van der Waals surface area contributed by atoms with Crippen molar-refractivity contribution in [3.63, 3.8) is 0 Å². The zero-order chi connectivity index (χ0) is 20.2. The lowest BCUT2D eigenvalue weighted by atomic mass is 9.49. The Kier molecular flexibility index (Phi) is 4.37. The first-order valence-electron chi connectivity index (χ1n) is 10.8. The van der Waals surface area contributed by atoms with Crippen LogP contribution < -0.4 is 4.90 Å². The molecule has 1 unspecified atom stereocenters. The van der Waals surface area contributed by atoms with Crippen LogP contribution in [0.2, 0.25) is 0 Å². The number of benzene rings is 1. The van der Waals surface area contributed by atoms with E-state index in [1.165, 1.54) is 24.2 Å². The summed E-state index contributed by atoms with van der Waals surface area (Å²) in [5.74, 6) is 1.50. The minimum Gasteiger partial charge on any atom is -0.326 e. The summed E-state index contributed by atoms with van der Waals surface area (Å²) >= 11 is 0. The zero-order valence-electron chi connectivity index (χ0n) is 16.8. The van der Waals surface area contributed by atoms with Gasteiger partial charge in [-0.05, 0) is 68.4 Å². The summed E-state index contributed by atoms with van der Waals surface area (Å²) in [5.41, 5.74) is 0.243. The molecule has 0 radical (unpaired) electrons. The van der Waals surface area contributed by atoms with Crippen LogP contribution in [0, 0.1) is 23.2 Å². The molecule has 1 aliphatic heterocycles. The number of carbonyl (C=O) groups is 3. The van der Waals surface area contributed by atoms with Crippen LogP contribution in [0.5, 0.6) is 0 Å². The highest BCUT2D eigenvalue weighted by Gasteiger charge is 2.57. The Bertz CT molecular complexity index is 827. The number of para-hydroxylation sites is 1. The summed E-state index contributed by atoms with van der Waals surface area (Å²) in [6.07, 6.45) is 8.36. The molecule has 5 aliphatic rings. The van der Waals surface area contributed by atoms with E-state index in [1.54, 1.807) is 23.1 Å². The van der Waals surface area contributed by atoms with Crippen LogP contribution in [0.1, 0.15) is 44.9 Å². The molecular formula is C24H28N2O3. The van der Waals surface area contributed by atoms with Gasteiger partial charge in [0.25, 0.3) is 5.91 Å². The van der Waals surface area contributed by atoms with E-state index in [4.69, 9.17) is 0 Å². The zero-order valence-corrected chi connectivity index (χ0v) is 16.8. The quantitative estimate of drug-likeness (QED) is 0.569. The third-order valence-corrected chi connectivity index (χ3v) is 7.59. The molecule has 0 spiro atoms. The summed E-state index contributed by atoms with van der Waals surface area (Å²) in [6, 6.07) is 8.28. The molecule has 5 fully saturated rings. The lowest BCUT2D eigenvalue weighted by Gasteiger charge is -2.56. The molecule has 6 rings (SSSR count). The van der Waals surface area contributed by atoms with Crippen LogP contribution in [-0.4, -0.2) is 35.2 Å². The lowest BCUT2D eigenvalue weighted by molar-refractivity contribution is -0.160. The highest BCUT2D eigenvalue weighted by Crippen LogP contribution is 2.60. The fraction of sp³-hybridized carbons (Fsp3) is 0.542. The predicted molar refractivity (Wildman–Crippen MR) is 110 cm³/mol. The molecule has 1 saturated heterocycles. The van der Waals surface area contributed by atoms with Crippen molar-refractivity contribution < 1.29 is 14.4 Å². The van der Waals surface area contributed by atoms with Gasteiger partial charge in [0.05, 0.1) is 17.5 Å². The van der Waals surface area contributed by atoms with Crippen molar-refractivity contribution in [1.82, 2.24) is 4.90 Å². The Morgan fingerprint density at radius 3 is 2.21 bits per heavy atom. The first-order valence-corrected chi connectivity index (χ1v) is 10.8. The fourth-order valence-corrected chi connectivity index (χ4v) is 6.88. The highest BCUT2D eigenvalue weighted by molar-refractivity contribution is 6.23. The van der Waals surface area contributed by atoms with Gasteiger partial charge in [-0.25, -0.2) is 4.90 Å². The Labute approximate surface area is 171 Å². The maximum Gasteiger partial charge on any atom is 0.257 e. The van der Waals surface area contributed by atoms with E-state index >= 15 is 0 Å². The van der Waals surface area contributed by atoms with Gasteiger partial charge in [-0.1, -0.05) is 24.3 Å². The van der Waals surface area contributed by atoms with E-state index in [1.807, 2.05) is 18.2 Å². The molecule has 0 N–H and O–H groups in total. The molecule has 4 saturated carbocycles. The molecule has 4 bridgehead atoms. The SMILES string of the molecule is C=CCN(C(=O)C12CC3CC(CC(C3)C1)C2)C1CC(=O)N(c2ccccc2)C1=O. The topological polar surface area (TPSA) is 57.7 Å². The standard InChI is InChI=1S/C24H28N2O3/c1-2-8-25(20-12-21(27)26(22(20)28)19-6-4-3-5-7-19)23(29)24-13-16-9-17(14-24)11-18(10-16)15-24/h2-7,16-18,20H,1,8-15H2. The number of anilines is 1. The van der Waals surface area contributed by atoms with Gasteiger partial charge in [-0.2, -0.15) is 0 Å². The van der Waals surface area contributed by atoms with Crippen molar-refractivity contribution in [1.29, 1.82) is 0 Å². The van der Waals surface area contributed by atoms with E-state index < -0.39 is 6.04 Å². The van der Waals surface area contributed by atoms with Gasteiger partial charge in [0.1, 0.15) is 6.04 Å². The van der Waals surface area contributed by atoms with Crippen LogP contribution in [0.3, 0.4) is 0 Å². The van der Waals surface area contributed by atoms with E-state index in [2.05, 4.69) is 6.58 Å². The van der Waals surface area contributed by atoms with Crippen molar-refractivity contribution in [3.05, 3.63) is 43.0 Å². The van der Waals surface area contributed by atoms with Crippen LogP contribution >= 0.6 is 0 Å². The molecule has 1 aromatic carbocycles. The van der Waals surface area contributed by atoms with Crippen molar-refractivity contribution in [2.75, 3.05) is 11.4 Å². The maximum atomic E-state index is 13.9. The predicted octanol–water partition coefficient (Wildman–Crippen LogP) is 3.55. The van der Waals surface area contributed by atoms with Gasteiger partial charge in [0.15, 0.2) is 0 Å². The number of rotatable bonds is 5. The maximum absolute atomic E-state index is 13.9. The fourth-order valence-electron chi connectivity index (χ4n) is 6.88. The highest BCUT2D eigenvalue weighted by atomic mass is 16.2. The molecule has 0 aromatic heterocycles. The largest absolute Gasteiger partial charge is 0.326 e. The Balaban J connectivity index is 1.43. The summed E-state index contributed by atoms with van der Waals surface area (Å²) in [4.78, 5) is 42.7. The summed E-state index contributed by atoms with van der Waals surface area (Å²) in [6.45, 7) is 4.13. The molecule has 1 aromatic rings. The lowest BCUT2D eigenvalue weighted by Crippen LogP contribution is -2.57. The summed E-state index contributed by atoms with van der Waals surface area (Å²) < 4.78 is 0. The van der Waals surface area contributed by atoms with Gasteiger partial charge in [0.2, 0.25) is 11.8 Å². The minimum absolute atomic E-state index is 0.0552. The molecule has 152 valence electrons. The molecule has 1 atom stereocenters. The smallest absolute Gasteiger partial charge is 0.257 e. The Hall–Kier alpha value is -2.43.